The third-order valence-electron chi connectivity index (χ3n) is 4.92. The molecule has 2 aliphatic rings. The summed E-state index contributed by atoms with van der Waals surface area (Å²) in [6.45, 7) is 4.30. The molecule has 3 N–H and O–H groups in total. The van der Waals surface area contributed by atoms with Crippen LogP contribution in [0, 0.1) is 11.8 Å². The van der Waals surface area contributed by atoms with Gasteiger partial charge in [0.05, 0.1) is 6.54 Å². The predicted octanol–water partition coefficient (Wildman–Crippen LogP) is 1.35. The maximum atomic E-state index is 12.0. The molecule has 2 aliphatic carbocycles. The molecule has 0 spiro atoms. The minimum absolute atomic E-state index is 0.0363. The molecule has 0 aromatic heterocycles. The van der Waals surface area contributed by atoms with Crippen molar-refractivity contribution in [3.63, 3.8) is 0 Å². The van der Waals surface area contributed by atoms with E-state index in [1.165, 1.54) is 25.7 Å². The van der Waals surface area contributed by atoms with Gasteiger partial charge >= 0.3 is 0 Å². The van der Waals surface area contributed by atoms with E-state index in [1.807, 2.05) is 0 Å². The molecular formula is C15H29N3O. The van der Waals surface area contributed by atoms with Crippen molar-refractivity contribution in [2.24, 2.45) is 17.6 Å². The first-order valence-electron chi connectivity index (χ1n) is 7.74. The van der Waals surface area contributed by atoms with E-state index < -0.39 is 0 Å². The molecule has 0 aromatic carbocycles. The van der Waals surface area contributed by atoms with Crippen molar-refractivity contribution in [2.75, 3.05) is 26.7 Å². The lowest BCUT2D eigenvalue weighted by molar-refractivity contribution is -0.123. The smallest absolute Gasteiger partial charge is 0.234 e. The molecule has 2 saturated carbocycles. The average molecular weight is 267 g/mol. The minimum atomic E-state index is 0.0363. The van der Waals surface area contributed by atoms with Gasteiger partial charge in [-0.15, -0.1) is 0 Å². The molecule has 0 heterocycles. The topological polar surface area (TPSA) is 58.4 Å². The highest BCUT2D eigenvalue weighted by atomic mass is 16.2. The van der Waals surface area contributed by atoms with Crippen LogP contribution in [0.25, 0.3) is 0 Å². The zero-order chi connectivity index (χ0) is 13.9. The Morgan fingerprint density at radius 1 is 1.42 bits per heavy atom. The van der Waals surface area contributed by atoms with E-state index in [0.717, 1.165) is 25.3 Å². The first-order valence-corrected chi connectivity index (χ1v) is 7.74. The summed E-state index contributed by atoms with van der Waals surface area (Å²) in [4.78, 5) is 14.2. The fourth-order valence-electron chi connectivity index (χ4n) is 3.34. The summed E-state index contributed by atoms with van der Waals surface area (Å²) in [5.74, 6) is 1.61. The predicted molar refractivity (Wildman–Crippen MR) is 77.8 cm³/mol. The van der Waals surface area contributed by atoms with Crippen LogP contribution in [0.4, 0.5) is 0 Å². The fourth-order valence-corrected chi connectivity index (χ4v) is 3.34. The lowest BCUT2D eigenvalue weighted by Crippen LogP contribution is -2.56. The average Bonchev–Trinajstić information content (AvgIpc) is 3.20. The maximum absolute atomic E-state index is 12.0. The molecule has 1 amide bonds. The standard InChI is InChI=1S/C15H29N3O/c1-12-4-3-7-15(8-12,11-16)18(2)10-14(19)17-9-13-5-6-13/h12-13H,3-11,16H2,1-2H3,(H,17,19). The van der Waals surface area contributed by atoms with E-state index in [0.29, 0.717) is 19.0 Å². The second-order valence-corrected chi connectivity index (χ2v) is 6.73. The number of nitrogens with one attached hydrogen (secondary N) is 1. The summed E-state index contributed by atoms with van der Waals surface area (Å²) in [6, 6.07) is 0. The summed E-state index contributed by atoms with van der Waals surface area (Å²) in [7, 11) is 2.06. The second kappa shape index (κ2) is 6.23. The van der Waals surface area contributed by atoms with Crippen LogP contribution in [0.5, 0.6) is 0 Å². The third kappa shape index (κ3) is 3.93. The molecule has 19 heavy (non-hydrogen) atoms. The normalized spacial score (nSPS) is 31.5. The molecule has 0 bridgehead atoms. The number of nitrogens with zero attached hydrogens (tertiary/aromatic N) is 1. The Labute approximate surface area is 117 Å². The summed E-state index contributed by atoms with van der Waals surface area (Å²) >= 11 is 0. The van der Waals surface area contributed by atoms with Crippen LogP contribution in [-0.4, -0.2) is 43.0 Å². The van der Waals surface area contributed by atoms with Crippen molar-refractivity contribution in [3.05, 3.63) is 0 Å². The van der Waals surface area contributed by atoms with E-state index in [2.05, 4.69) is 24.2 Å². The van der Waals surface area contributed by atoms with Gasteiger partial charge in [0.25, 0.3) is 0 Å². The number of likely N-dealkylation sites (N-methyl/N-ethyl adjacent to an activating group) is 1. The zero-order valence-corrected chi connectivity index (χ0v) is 12.5. The van der Waals surface area contributed by atoms with Gasteiger partial charge in [0.15, 0.2) is 0 Å². The van der Waals surface area contributed by atoms with E-state index in [9.17, 15) is 4.79 Å². The number of rotatable bonds is 6. The lowest BCUT2D eigenvalue weighted by atomic mass is 9.75. The van der Waals surface area contributed by atoms with Gasteiger partial charge in [0, 0.05) is 18.6 Å². The molecule has 4 nitrogen and oxygen atoms in total. The van der Waals surface area contributed by atoms with Gasteiger partial charge in [0.2, 0.25) is 5.91 Å². The zero-order valence-electron chi connectivity index (χ0n) is 12.5. The highest BCUT2D eigenvalue weighted by Gasteiger charge is 2.38. The SMILES string of the molecule is CC1CCCC(CN)(N(C)CC(=O)NCC2CC2)C1. The number of hydrogen-bond donors (Lipinski definition) is 2. The van der Waals surface area contributed by atoms with Crippen molar-refractivity contribution in [1.29, 1.82) is 0 Å². The number of amides is 1. The minimum Gasteiger partial charge on any atom is -0.355 e. The van der Waals surface area contributed by atoms with E-state index in [1.54, 1.807) is 0 Å². The molecule has 0 aliphatic heterocycles. The van der Waals surface area contributed by atoms with Crippen molar-refractivity contribution >= 4 is 5.91 Å². The molecule has 2 fully saturated rings. The van der Waals surface area contributed by atoms with Crippen molar-refractivity contribution < 1.29 is 4.79 Å². The molecule has 2 atom stereocenters. The van der Waals surface area contributed by atoms with Crippen LogP contribution < -0.4 is 11.1 Å². The highest BCUT2D eigenvalue weighted by Crippen LogP contribution is 2.35. The second-order valence-electron chi connectivity index (χ2n) is 6.73. The Morgan fingerprint density at radius 3 is 2.74 bits per heavy atom. The molecule has 0 aromatic rings. The quantitative estimate of drug-likeness (QED) is 0.764. The molecule has 0 radical (unpaired) electrons. The van der Waals surface area contributed by atoms with E-state index in [-0.39, 0.29) is 11.4 Å². The largest absolute Gasteiger partial charge is 0.355 e. The summed E-state index contributed by atoms with van der Waals surface area (Å²) in [5.41, 5.74) is 6.07. The van der Waals surface area contributed by atoms with E-state index in [4.69, 9.17) is 5.73 Å². The summed E-state index contributed by atoms with van der Waals surface area (Å²) in [6.07, 6.45) is 7.33. The first-order chi connectivity index (χ1) is 9.05. The van der Waals surface area contributed by atoms with Crippen molar-refractivity contribution in [1.82, 2.24) is 10.2 Å². The summed E-state index contributed by atoms with van der Waals surface area (Å²) < 4.78 is 0. The number of carbonyl (C=O) groups is 1. The Kier molecular flexibility index (Phi) is 4.85. The Balaban J connectivity index is 1.84. The van der Waals surface area contributed by atoms with E-state index >= 15 is 0 Å². The van der Waals surface area contributed by atoms with Gasteiger partial charge in [-0.2, -0.15) is 0 Å². The Hall–Kier alpha value is -0.610. The van der Waals surface area contributed by atoms with Crippen LogP contribution in [-0.2, 0) is 4.79 Å². The number of hydrogen-bond acceptors (Lipinski definition) is 3. The van der Waals surface area contributed by atoms with Gasteiger partial charge in [-0.3, -0.25) is 9.69 Å². The Morgan fingerprint density at radius 2 is 2.16 bits per heavy atom. The molecule has 4 heteroatoms. The van der Waals surface area contributed by atoms with Crippen LogP contribution >= 0.6 is 0 Å². The van der Waals surface area contributed by atoms with Crippen LogP contribution in [0.2, 0.25) is 0 Å². The lowest BCUT2D eigenvalue weighted by Gasteiger charge is -2.45. The third-order valence-corrected chi connectivity index (χ3v) is 4.92. The number of nitrogens with two attached hydrogens (primary N) is 1. The summed E-state index contributed by atoms with van der Waals surface area (Å²) in [5, 5.41) is 3.05. The van der Waals surface area contributed by atoms with Gasteiger partial charge in [-0.1, -0.05) is 19.8 Å². The first kappa shape index (κ1) is 14.8. The highest BCUT2D eigenvalue weighted by molar-refractivity contribution is 5.78. The molecule has 2 rings (SSSR count). The monoisotopic (exact) mass is 267 g/mol. The molecule has 0 saturated heterocycles. The molecule has 2 unspecified atom stereocenters. The van der Waals surface area contributed by atoms with Gasteiger partial charge < -0.3 is 11.1 Å². The van der Waals surface area contributed by atoms with Crippen molar-refractivity contribution in [2.45, 2.75) is 51.0 Å². The van der Waals surface area contributed by atoms with Crippen LogP contribution in [0.15, 0.2) is 0 Å². The Bertz CT molecular complexity index is 317. The van der Waals surface area contributed by atoms with Gasteiger partial charge in [-0.05, 0) is 44.6 Å². The van der Waals surface area contributed by atoms with Crippen LogP contribution in [0.1, 0.15) is 45.4 Å². The van der Waals surface area contributed by atoms with Crippen molar-refractivity contribution in [3.8, 4) is 0 Å². The maximum Gasteiger partial charge on any atom is 0.234 e. The van der Waals surface area contributed by atoms with Crippen LogP contribution in [0.3, 0.4) is 0 Å². The molecule has 110 valence electrons. The fraction of sp³-hybridized carbons (Fsp3) is 0.933. The molecular weight excluding hydrogens is 238 g/mol. The number of carbonyl (C=O) groups excluding carboxylic acids is 1. The van der Waals surface area contributed by atoms with Gasteiger partial charge in [0.1, 0.15) is 0 Å². The van der Waals surface area contributed by atoms with Gasteiger partial charge in [-0.25, -0.2) is 0 Å².